The zero-order valence-electron chi connectivity index (χ0n) is 13.5. The second-order valence-corrected chi connectivity index (χ2v) is 6.78. The maximum atomic E-state index is 11.4. The largest absolute Gasteiger partial charge is 0.411 e. The van der Waals surface area contributed by atoms with Crippen molar-refractivity contribution in [3.05, 3.63) is 57.1 Å². The van der Waals surface area contributed by atoms with Crippen LogP contribution in [0.5, 0.6) is 0 Å². The quantitative estimate of drug-likeness (QED) is 0.416. The number of carbonyl (C=O) groups is 1. The first kappa shape index (κ1) is 17.8. The first-order valence-electron chi connectivity index (χ1n) is 8.12. The topological polar surface area (TPSA) is 75.4 Å². The molecule has 0 radical (unpaired) electrons. The Hall–Kier alpha value is -1.98. The summed E-state index contributed by atoms with van der Waals surface area (Å²) in [5.41, 5.74) is 4.57. The maximum absolute atomic E-state index is 11.4. The number of aryl methyl sites for hydroxylation is 2. The third-order valence-corrected chi connectivity index (χ3v) is 4.76. The molecular formula is C18H17Cl2N3O2. The van der Waals surface area contributed by atoms with Crippen molar-refractivity contribution in [1.29, 1.82) is 0 Å². The molecule has 2 aliphatic carbocycles. The average molecular weight is 378 g/mol. The van der Waals surface area contributed by atoms with E-state index in [0.29, 0.717) is 22.4 Å². The first-order valence-corrected chi connectivity index (χ1v) is 8.87. The number of Topliss-reactive ketones (excluding diaryl/α,β-unsaturated/α-hetero) is 1. The molecule has 0 saturated carbocycles. The Morgan fingerprint density at radius 2 is 1.44 bits per heavy atom. The van der Waals surface area contributed by atoms with Crippen LogP contribution in [0.2, 0.25) is 10.3 Å². The summed E-state index contributed by atoms with van der Waals surface area (Å²) in [5, 5.41) is 12.9. The molecule has 0 bridgehead atoms. The van der Waals surface area contributed by atoms with Crippen LogP contribution < -0.4 is 0 Å². The summed E-state index contributed by atoms with van der Waals surface area (Å²) in [6.45, 7) is 0. The molecule has 0 spiro atoms. The predicted octanol–water partition coefficient (Wildman–Crippen LogP) is 4.50. The second-order valence-electron chi connectivity index (χ2n) is 6.01. The maximum Gasteiger partial charge on any atom is 0.163 e. The molecule has 0 fully saturated rings. The van der Waals surface area contributed by atoms with Crippen LogP contribution in [0, 0.1) is 0 Å². The van der Waals surface area contributed by atoms with E-state index in [-0.39, 0.29) is 5.78 Å². The fraction of sp³-hybridized carbons (Fsp3) is 0.333. The van der Waals surface area contributed by atoms with Gasteiger partial charge in [-0.1, -0.05) is 28.4 Å². The Morgan fingerprint density at radius 1 is 0.880 bits per heavy atom. The van der Waals surface area contributed by atoms with Crippen LogP contribution in [0.3, 0.4) is 0 Å². The number of aromatic nitrogens is 2. The van der Waals surface area contributed by atoms with Gasteiger partial charge in [-0.05, 0) is 55.4 Å². The van der Waals surface area contributed by atoms with E-state index in [2.05, 4.69) is 15.1 Å². The van der Waals surface area contributed by atoms with E-state index in [4.69, 9.17) is 28.4 Å². The van der Waals surface area contributed by atoms with Crippen molar-refractivity contribution in [1.82, 2.24) is 9.97 Å². The van der Waals surface area contributed by atoms with Crippen LogP contribution in [-0.4, -0.2) is 26.7 Å². The summed E-state index contributed by atoms with van der Waals surface area (Å²) in [5.74, 6) is 0.195. The molecule has 25 heavy (non-hydrogen) atoms. The van der Waals surface area contributed by atoms with Gasteiger partial charge in [-0.15, -0.1) is 0 Å². The van der Waals surface area contributed by atoms with Gasteiger partial charge < -0.3 is 5.21 Å². The number of hydrogen-bond donors (Lipinski definition) is 1. The van der Waals surface area contributed by atoms with Crippen molar-refractivity contribution < 1.29 is 10.0 Å². The Balaban J connectivity index is 0.000000146. The van der Waals surface area contributed by atoms with Gasteiger partial charge in [-0.2, -0.15) is 0 Å². The van der Waals surface area contributed by atoms with E-state index in [9.17, 15) is 4.79 Å². The number of rotatable bonds is 0. The van der Waals surface area contributed by atoms with Gasteiger partial charge in [-0.3, -0.25) is 4.79 Å². The van der Waals surface area contributed by atoms with E-state index in [0.717, 1.165) is 54.4 Å². The number of pyridine rings is 2. The van der Waals surface area contributed by atoms with Gasteiger partial charge in [0.15, 0.2) is 5.78 Å². The summed E-state index contributed by atoms with van der Waals surface area (Å²) in [7, 11) is 0. The Bertz CT molecular complexity index is 837. The van der Waals surface area contributed by atoms with Gasteiger partial charge in [-0.25, -0.2) is 9.97 Å². The minimum atomic E-state index is 0.195. The van der Waals surface area contributed by atoms with Crippen molar-refractivity contribution in [2.45, 2.75) is 38.5 Å². The monoisotopic (exact) mass is 377 g/mol. The molecule has 0 atom stereocenters. The van der Waals surface area contributed by atoms with Crippen LogP contribution in [0.25, 0.3) is 0 Å². The number of fused-ring (bicyclic) bond motifs is 2. The minimum Gasteiger partial charge on any atom is -0.411 e. The van der Waals surface area contributed by atoms with Gasteiger partial charge in [0.2, 0.25) is 0 Å². The summed E-state index contributed by atoms with van der Waals surface area (Å²) >= 11 is 11.4. The average Bonchev–Trinajstić information content (AvgIpc) is 2.62. The number of ketones is 1. The van der Waals surface area contributed by atoms with Crippen LogP contribution in [0.4, 0.5) is 0 Å². The van der Waals surface area contributed by atoms with Crippen LogP contribution in [0.15, 0.2) is 29.7 Å². The minimum absolute atomic E-state index is 0.195. The van der Waals surface area contributed by atoms with Crippen molar-refractivity contribution >= 4 is 34.7 Å². The number of hydrogen-bond acceptors (Lipinski definition) is 5. The Morgan fingerprint density at radius 3 is 2.08 bits per heavy atom. The zero-order chi connectivity index (χ0) is 17.8. The molecule has 0 amide bonds. The smallest absolute Gasteiger partial charge is 0.163 e. The molecule has 130 valence electrons. The van der Waals surface area contributed by atoms with E-state index >= 15 is 0 Å². The molecule has 2 heterocycles. The molecular weight excluding hydrogens is 361 g/mol. The van der Waals surface area contributed by atoms with Crippen LogP contribution >= 0.6 is 23.2 Å². The third-order valence-electron chi connectivity index (χ3n) is 4.35. The molecule has 0 aromatic carbocycles. The van der Waals surface area contributed by atoms with Crippen LogP contribution in [-0.2, 0) is 12.8 Å². The molecule has 0 aliphatic heterocycles. The van der Waals surface area contributed by atoms with Crippen molar-refractivity contribution in [3.63, 3.8) is 0 Å². The molecule has 2 aromatic rings. The van der Waals surface area contributed by atoms with Gasteiger partial charge in [0.05, 0.1) is 5.71 Å². The molecule has 4 rings (SSSR count). The summed E-state index contributed by atoms with van der Waals surface area (Å²) in [6, 6.07) is 3.42. The molecule has 2 aliphatic rings. The summed E-state index contributed by atoms with van der Waals surface area (Å²) < 4.78 is 0. The van der Waals surface area contributed by atoms with E-state index in [1.165, 1.54) is 0 Å². The molecule has 7 heteroatoms. The third kappa shape index (κ3) is 4.17. The molecule has 0 unspecified atom stereocenters. The summed E-state index contributed by atoms with van der Waals surface area (Å²) in [6.07, 6.45) is 8.79. The van der Waals surface area contributed by atoms with E-state index < -0.39 is 0 Å². The number of carbonyl (C=O) groups excluding carboxylic acids is 1. The molecule has 1 N–H and O–H groups in total. The first-order chi connectivity index (χ1) is 12.1. The van der Waals surface area contributed by atoms with Gasteiger partial charge >= 0.3 is 0 Å². The second kappa shape index (κ2) is 7.93. The Labute approximate surface area is 155 Å². The highest BCUT2D eigenvalue weighted by Crippen LogP contribution is 2.23. The van der Waals surface area contributed by atoms with E-state index in [1.807, 2.05) is 0 Å². The predicted molar refractivity (Wildman–Crippen MR) is 97.0 cm³/mol. The molecule has 0 saturated heterocycles. The SMILES string of the molecule is O/N=C1\CCCc2cnc(Cl)cc21.O=C1CCCc2cnc(Cl)cc21. The summed E-state index contributed by atoms with van der Waals surface area (Å²) in [4.78, 5) is 19.3. The standard InChI is InChI=1S/C9H9ClN2O.C9H8ClNO/c10-9-4-7-6(5-11-9)2-1-3-8(7)12-13;10-9-4-7-6(5-11-9)2-1-3-8(7)12/h4-5,13H,1-3H2;4-5H,1-3H2/b12-8+;. The fourth-order valence-corrected chi connectivity index (χ4v) is 3.42. The lowest BCUT2D eigenvalue weighted by Crippen LogP contribution is -2.12. The molecule has 2 aromatic heterocycles. The van der Waals surface area contributed by atoms with Crippen molar-refractivity contribution in [2.24, 2.45) is 5.16 Å². The van der Waals surface area contributed by atoms with Gasteiger partial charge in [0, 0.05) is 29.9 Å². The Kier molecular flexibility index (Phi) is 5.66. The zero-order valence-corrected chi connectivity index (χ0v) is 15.0. The van der Waals surface area contributed by atoms with Gasteiger partial charge in [0.25, 0.3) is 0 Å². The highest BCUT2D eigenvalue weighted by Gasteiger charge is 2.17. The number of halogens is 2. The lowest BCUT2D eigenvalue weighted by molar-refractivity contribution is 0.0972. The number of nitrogens with zero attached hydrogens (tertiary/aromatic N) is 3. The lowest BCUT2D eigenvalue weighted by Gasteiger charge is -2.15. The van der Waals surface area contributed by atoms with E-state index in [1.54, 1.807) is 24.5 Å². The normalized spacial score (nSPS) is 17.4. The highest BCUT2D eigenvalue weighted by atomic mass is 35.5. The lowest BCUT2D eigenvalue weighted by atomic mass is 9.92. The highest BCUT2D eigenvalue weighted by molar-refractivity contribution is 6.30. The number of oxime groups is 1. The van der Waals surface area contributed by atoms with Crippen LogP contribution in [0.1, 0.15) is 52.7 Å². The van der Waals surface area contributed by atoms with Crippen molar-refractivity contribution in [3.8, 4) is 0 Å². The van der Waals surface area contributed by atoms with Gasteiger partial charge in [0.1, 0.15) is 10.3 Å². The fourth-order valence-electron chi connectivity index (χ4n) is 3.10. The molecule has 5 nitrogen and oxygen atoms in total. The van der Waals surface area contributed by atoms with Crippen molar-refractivity contribution in [2.75, 3.05) is 0 Å².